The van der Waals surface area contributed by atoms with Crippen LogP contribution in [0.25, 0.3) is 0 Å². The Hall–Kier alpha value is 0.140. The van der Waals surface area contributed by atoms with E-state index in [1.807, 2.05) is 0 Å². The summed E-state index contributed by atoms with van der Waals surface area (Å²) in [6, 6.07) is 0. The van der Waals surface area contributed by atoms with Gasteiger partial charge in [0.2, 0.25) is 0 Å². The predicted molar refractivity (Wildman–Crippen MR) is 130 cm³/mol. The van der Waals surface area contributed by atoms with E-state index in [2.05, 4.69) is 61.5 Å². The van der Waals surface area contributed by atoms with E-state index in [9.17, 15) is 5.11 Å². The number of hydrogen-bond donors (Lipinski definition) is 1. The molecule has 1 aliphatic rings. The largest absolute Gasteiger partial charge is 0.507 e. The zero-order chi connectivity index (χ0) is 20.7. The van der Waals surface area contributed by atoms with Crippen LogP contribution in [-0.4, -0.2) is 16.9 Å². The van der Waals surface area contributed by atoms with Gasteiger partial charge in [-0.05, 0) is 46.4 Å². The summed E-state index contributed by atoms with van der Waals surface area (Å²) in [6.07, 6.45) is 14.8. The summed E-state index contributed by atoms with van der Waals surface area (Å²) in [6.45, 7) is 18.3. The van der Waals surface area contributed by atoms with Gasteiger partial charge in [0.05, 0.1) is 0 Å². The molecule has 27 heavy (non-hydrogen) atoms. The number of rotatable bonds is 10. The van der Waals surface area contributed by atoms with E-state index < -0.39 is 7.61 Å². The van der Waals surface area contributed by atoms with Crippen molar-refractivity contribution in [3.8, 4) is 0 Å². The van der Waals surface area contributed by atoms with E-state index in [1.165, 1.54) is 68.4 Å². The summed E-state index contributed by atoms with van der Waals surface area (Å²) >= 11 is 0. The van der Waals surface area contributed by atoms with E-state index in [-0.39, 0.29) is 10.8 Å². The average molecular weight is 414 g/mol. The van der Waals surface area contributed by atoms with E-state index in [0.717, 1.165) is 8.27 Å². The van der Waals surface area contributed by atoms with Gasteiger partial charge in [0.25, 0.3) is 0 Å². The fourth-order valence-electron chi connectivity index (χ4n) is 4.02. The first kappa shape index (κ1) is 25.2. The lowest BCUT2D eigenvalue weighted by Gasteiger charge is -2.42. The first-order valence-corrected chi connectivity index (χ1v) is 15.1. The zero-order valence-corrected chi connectivity index (χ0v) is 21.5. The van der Waals surface area contributed by atoms with Gasteiger partial charge in [0.1, 0.15) is 5.76 Å². The molecule has 1 nitrogen and oxygen atoms in total. The van der Waals surface area contributed by atoms with Crippen molar-refractivity contribution in [1.29, 1.82) is 0 Å². The van der Waals surface area contributed by atoms with Gasteiger partial charge in [-0.3, -0.25) is 0 Å². The van der Waals surface area contributed by atoms with Crippen LogP contribution in [0.5, 0.6) is 0 Å². The second-order valence-corrected chi connectivity index (χ2v) is 15.9. The minimum atomic E-state index is -0.694. The van der Waals surface area contributed by atoms with Crippen LogP contribution in [0, 0.1) is 10.8 Å². The Bertz CT molecular complexity index is 505. The smallest absolute Gasteiger partial charge is 0.122 e. The third-order valence-corrected chi connectivity index (χ3v) is 13.2. The highest BCUT2D eigenvalue weighted by molar-refractivity contribution is 8.23. The number of hydrogen-bond acceptors (Lipinski definition) is 1. The van der Waals surface area contributed by atoms with Crippen molar-refractivity contribution < 1.29 is 5.11 Å². The van der Waals surface area contributed by atoms with Gasteiger partial charge in [0, 0.05) is 0 Å². The van der Waals surface area contributed by atoms with Crippen LogP contribution < -0.4 is 0 Å². The third kappa shape index (κ3) is 7.82. The molecule has 0 aromatic heterocycles. The molecule has 0 saturated heterocycles. The van der Waals surface area contributed by atoms with Gasteiger partial charge in [-0.2, -0.15) is 0 Å². The highest BCUT2D eigenvalue weighted by Gasteiger charge is 2.38. The molecule has 0 aliphatic carbocycles. The first-order valence-electron chi connectivity index (χ1n) is 11.3. The van der Waals surface area contributed by atoms with Crippen molar-refractivity contribution in [2.45, 2.75) is 112 Å². The van der Waals surface area contributed by atoms with Gasteiger partial charge in [-0.25, -0.2) is 0 Å². The standard InChI is InChI=1S/C24H47OP2/c1-9-11-12-13-14-15-16-17-26-27-19(10-2)18-20(23(3,4)5)21(25)22(27)24(6,7)8/h18-19,25-27H,9-17H2,1-8H3. The number of aliphatic hydroxyl groups excluding tert-OH is 1. The Labute approximate surface area is 173 Å². The van der Waals surface area contributed by atoms with E-state index in [4.69, 9.17) is 0 Å². The molecule has 0 amide bonds. The van der Waals surface area contributed by atoms with Crippen LogP contribution >= 0.6 is 15.9 Å². The fraction of sp³-hybridized carbons (Fsp3) is 0.833. The second-order valence-electron chi connectivity index (χ2n) is 10.3. The molecule has 159 valence electrons. The van der Waals surface area contributed by atoms with E-state index in [0.29, 0.717) is 11.4 Å². The summed E-state index contributed by atoms with van der Waals surface area (Å²) in [5.41, 5.74) is 1.96. The minimum Gasteiger partial charge on any atom is -0.507 e. The van der Waals surface area contributed by atoms with Crippen molar-refractivity contribution in [2.75, 3.05) is 6.16 Å². The fourth-order valence-corrected chi connectivity index (χ4v) is 12.5. The lowest BCUT2D eigenvalue weighted by atomic mass is 9.81. The Balaban J connectivity index is 2.81. The molecule has 0 bridgehead atoms. The van der Waals surface area contributed by atoms with Crippen LogP contribution in [0.1, 0.15) is 107 Å². The lowest BCUT2D eigenvalue weighted by Crippen LogP contribution is -2.24. The molecule has 0 aromatic carbocycles. The predicted octanol–water partition coefficient (Wildman–Crippen LogP) is 9.13. The molecule has 0 saturated carbocycles. The summed E-state index contributed by atoms with van der Waals surface area (Å²) in [5, 5.41) is 12.7. The maximum Gasteiger partial charge on any atom is 0.122 e. The molecule has 0 fully saturated rings. The SMILES string of the molecule is CCCCCCCCCP[PH]1C(C(C)(C)C)=C(O)C(C(C)(C)C)=CC1CC. The summed E-state index contributed by atoms with van der Waals surface area (Å²) in [7, 11) is 0.339. The van der Waals surface area contributed by atoms with Gasteiger partial charge in [-0.15, -0.1) is 0 Å². The Morgan fingerprint density at radius 3 is 1.93 bits per heavy atom. The van der Waals surface area contributed by atoms with Gasteiger partial charge in [0.15, 0.2) is 0 Å². The van der Waals surface area contributed by atoms with Gasteiger partial charge >= 0.3 is 0 Å². The molecule has 1 heterocycles. The van der Waals surface area contributed by atoms with Crippen LogP contribution in [0.3, 0.4) is 0 Å². The van der Waals surface area contributed by atoms with Crippen molar-refractivity contribution in [3.05, 3.63) is 22.7 Å². The summed E-state index contributed by atoms with van der Waals surface area (Å²) in [5.74, 6) is 0.653. The Morgan fingerprint density at radius 2 is 1.44 bits per heavy atom. The number of unbranched alkanes of at least 4 members (excludes halogenated alkanes) is 6. The number of allylic oxidation sites excluding steroid dienone is 3. The molecule has 1 aliphatic heterocycles. The normalized spacial score (nSPS) is 22.0. The highest BCUT2D eigenvalue weighted by Crippen LogP contribution is 2.72. The maximum atomic E-state index is 11.2. The molecular weight excluding hydrogens is 366 g/mol. The Kier molecular flexibility index (Phi) is 10.6. The quantitative estimate of drug-likeness (QED) is 0.280. The minimum absolute atomic E-state index is 0.0169. The maximum absolute atomic E-state index is 11.2. The zero-order valence-electron chi connectivity index (χ0n) is 19.5. The van der Waals surface area contributed by atoms with Crippen LogP contribution in [0.15, 0.2) is 22.7 Å². The molecule has 0 aromatic rings. The second kappa shape index (κ2) is 11.4. The molecule has 3 atom stereocenters. The van der Waals surface area contributed by atoms with E-state index in [1.54, 1.807) is 0 Å². The van der Waals surface area contributed by atoms with Crippen molar-refractivity contribution >= 4 is 15.9 Å². The van der Waals surface area contributed by atoms with E-state index >= 15 is 0 Å². The van der Waals surface area contributed by atoms with Gasteiger partial charge < -0.3 is 5.11 Å². The summed E-state index contributed by atoms with van der Waals surface area (Å²) < 4.78 is 0. The van der Waals surface area contributed by atoms with Crippen molar-refractivity contribution in [1.82, 2.24) is 0 Å². The molecule has 3 heteroatoms. The molecule has 3 unspecified atom stereocenters. The lowest BCUT2D eigenvalue weighted by molar-refractivity contribution is 0.357. The topological polar surface area (TPSA) is 20.2 Å². The van der Waals surface area contributed by atoms with Gasteiger partial charge in [-0.1, -0.05) is 116 Å². The molecular formula is C24H47OP2. The van der Waals surface area contributed by atoms with Crippen molar-refractivity contribution in [2.24, 2.45) is 10.8 Å². The van der Waals surface area contributed by atoms with Crippen LogP contribution in [0.4, 0.5) is 0 Å². The van der Waals surface area contributed by atoms with Crippen LogP contribution in [0.2, 0.25) is 0 Å². The van der Waals surface area contributed by atoms with Crippen LogP contribution in [-0.2, 0) is 0 Å². The molecule has 0 spiro atoms. The first-order chi connectivity index (χ1) is 12.5. The highest BCUT2D eigenvalue weighted by atomic mass is 32.0. The number of aliphatic hydroxyl groups is 1. The molecule has 1 rings (SSSR count). The third-order valence-electron chi connectivity index (χ3n) is 5.59. The molecule has 1 radical (unpaired) electrons. The summed E-state index contributed by atoms with van der Waals surface area (Å²) in [4.78, 5) is 0. The Morgan fingerprint density at radius 1 is 0.889 bits per heavy atom. The van der Waals surface area contributed by atoms with Crippen molar-refractivity contribution in [3.63, 3.8) is 0 Å². The monoisotopic (exact) mass is 413 g/mol. The molecule has 1 N–H and O–H groups in total. The average Bonchev–Trinajstić information content (AvgIpc) is 2.55.